The predicted octanol–water partition coefficient (Wildman–Crippen LogP) is 6.20. The molecule has 0 radical (unpaired) electrons. The number of nitrogens with one attached hydrogen (secondary N) is 1. The topological polar surface area (TPSA) is 42.0 Å². The fraction of sp³-hybridized carbons (Fsp3) is 0.154. The Bertz CT molecular complexity index is 1070. The van der Waals surface area contributed by atoms with Crippen molar-refractivity contribution in [3.8, 4) is 0 Å². The highest BCUT2D eigenvalue weighted by molar-refractivity contribution is 7.15. The van der Waals surface area contributed by atoms with E-state index in [9.17, 15) is 4.79 Å². The normalized spacial score (nSPS) is 10.9. The van der Waals surface area contributed by atoms with Crippen LogP contribution in [0.3, 0.4) is 0 Å². The molecule has 0 unspecified atom stereocenters. The highest BCUT2D eigenvalue weighted by Crippen LogP contribution is 2.29. The van der Waals surface area contributed by atoms with E-state index in [0.717, 1.165) is 22.4 Å². The van der Waals surface area contributed by atoms with E-state index >= 15 is 0 Å². The lowest BCUT2D eigenvalue weighted by molar-refractivity contribution is -0.116. The van der Waals surface area contributed by atoms with E-state index in [1.165, 1.54) is 22.5 Å². The van der Waals surface area contributed by atoms with Gasteiger partial charge in [-0.1, -0.05) is 90.5 Å². The van der Waals surface area contributed by atoms with Crippen molar-refractivity contribution in [3.05, 3.63) is 118 Å². The van der Waals surface area contributed by atoms with E-state index in [-0.39, 0.29) is 11.8 Å². The van der Waals surface area contributed by atoms with E-state index in [2.05, 4.69) is 65.8 Å². The van der Waals surface area contributed by atoms with Crippen molar-refractivity contribution in [1.29, 1.82) is 0 Å². The first kappa shape index (κ1) is 20.0. The minimum absolute atomic E-state index is 0.0131. The summed E-state index contributed by atoms with van der Waals surface area (Å²) in [6.45, 7) is 2.09. The zero-order chi connectivity index (χ0) is 20.8. The van der Waals surface area contributed by atoms with Crippen molar-refractivity contribution in [3.63, 3.8) is 0 Å². The first-order valence-electron chi connectivity index (χ1n) is 10.1. The standard InChI is InChI=1S/C26H24N2OS/c1-19-9-8-10-20(15-19)16-23-18-27-26(30-23)28-25(29)17-24(21-11-4-2-5-12-21)22-13-6-3-7-14-22/h2-15,18,24H,16-17H2,1H3,(H,27,28,29). The predicted molar refractivity (Wildman–Crippen MR) is 124 cm³/mol. The first-order chi connectivity index (χ1) is 14.7. The van der Waals surface area contributed by atoms with Crippen molar-refractivity contribution in [2.45, 2.75) is 25.7 Å². The second-order valence-electron chi connectivity index (χ2n) is 7.42. The number of hydrogen-bond donors (Lipinski definition) is 1. The van der Waals surface area contributed by atoms with Crippen LogP contribution in [0.15, 0.2) is 91.1 Å². The van der Waals surface area contributed by atoms with Gasteiger partial charge in [-0.3, -0.25) is 4.79 Å². The molecule has 0 spiro atoms. The van der Waals surface area contributed by atoms with Crippen molar-refractivity contribution >= 4 is 22.4 Å². The Hall–Kier alpha value is -3.24. The lowest BCUT2D eigenvalue weighted by Crippen LogP contribution is -2.16. The molecule has 1 aromatic heterocycles. The van der Waals surface area contributed by atoms with Crippen molar-refractivity contribution < 1.29 is 4.79 Å². The quantitative estimate of drug-likeness (QED) is 0.392. The third-order valence-electron chi connectivity index (χ3n) is 5.05. The fourth-order valence-corrected chi connectivity index (χ4v) is 4.49. The number of hydrogen-bond acceptors (Lipinski definition) is 3. The number of benzene rings is 3. The number of aromatic nitrogens is 1. The average molecular weight is 413 g/mol. The van der Waals surface area contributed by atoms with Crippen LogP contribution >= 0.6 is 11.3 Å². The summed E-state index contributed by atoms with van der Waals surface area (Å²) < 4.78 is 0. The van der Waals surface area contributed by atoms with Gasteiger partial charge in [0.2, 0.25) is 5.91 Å². The largest absolute Gasteiger partial charge is 0.302 e. The van der Waals surface area contributed by atoms with Gasteiger partial charge in [0.15, 0.2) is 5.13 Å². The number of carbonyl (C=O) groups excluding carboxylic acids is 1. The fourth-order valence-electron chi connectivity index (χ4n) is 3.62. The molecule has 0 saturated carbocycles. The van der Waals surface area contributed by atoms with E-state index in [1.54, 1.807) is 0 Å². The van der Waals surface area contributed by atoms with Gasteiger partial charge in [0.25, 0.3) is 0 Å². The van der Waals surface area contributed by atoms with Crippen LogP contribution in [0.2, 0.25) is 0 Å². The maximum Gasteiger partial charge on any atom is 0.227 e. The SMILES string of the molecule is Cc1cccc(Cc2cnc(NC(=O)CC(c3ccccc3)c3ccccc3)s2)c1. The van der Waals surface area contributed by atoms with Crippen LogP contribution in [-0.4, -0.2) is 10.9 Å². The number of rotatable bonds is 7. The van der Waals surface area contributed by atoms with E-state index < -0.39 is 0 Å². The molecule has 3 nitrogen and oxygen atoms in total. The number of carbonyl (C=O) groups is 1. The third-order valence-corrected chi connectivity index (χ3v) is 5.97. The Balaban J connectivity index is 1.45. The molecule has 0 saturated heterocycles. The maximum atomic E-state index is 12.8. The third kappa shape index (κ3) is 5.22. The molecule has 0 aliphatic carbocycles. The summed E-state index contributed by atoms with van der Waals surface area (Å²) in [5.41, 5.74) is 4.78. The smallest absolute Gasteiger partial charge is 0.227 e. The van der Waals surface area contributed by atoms with Gasteiger partial charge in [0.1, 0.15) is 0 Å². The second-order valence-corrected chi connectivity index (χ2v) is 8.54. The molecule has 4 rings (SSSR count). The molecule has 0 aliphatic rings. The molecule has 4 heteroatoms. The van der Waals surface area contributed by atoms with Crippen LogP contribution in [0.25, 0.3) is 0 Å². The highest BCUT2D eigenvalue weighted by Gasteiger charge is 2.19. The van der Waals surface area contributed by atoms with Crippen LogP contribution in [-0.2, 0) is 11.2 Å². The Morgan fingerprint density at radius 3 is 2.23 bits per heavy atom. The molecule has 3 aromatic carbocycles. The number of anilines is 1. The van der Waals surface area contributed by atoms with Crippen LogP contribution < -0.4 is 5.32 Å². The van der Waals surface area contributed by atoms with Crippen molar-refractivity contribution in [2.24, 2.45) is 0 Å². The molecule has 4 aromatic rings. The van der Waals surface area contributed by atoms with Gasteiger partial charge in [-0.2, -0.15) is 0 Å². The molecule has 0 atom stereocenters. The highest BCUT2D eigenvalue weighted by atomic mass is 32.1. The molecule has 150 valence electrons. The van der Waals surface area contributed by atoms with Gasteiger partial charge in [-0.05, 0) is 23.6 Å². The Kier molecular flexibility index (Phi) is 6.35. The average Bonchev–Trinajstić information content (AvgIpc) is 3.20. The van der Waals surface area contributed by atoms with Gasteiger partial charge >= 0.3 is 0 Å². The molecular formula is C26H24N2OS. The van der Waals surface area contributed by atoms with E-state index in [1.807, 2.05) is 42.6 Å². The maximum absolute atomic E-state index is 12.8. The minimum atomic E-state index is -0.0239. The number of amides is 1. The van der Waals surface area contributed by atoms with E-state index in [0.29, 0.717) is 11.6 Å². The lowest BCUT2D eigenvalue weighted by Gasteiger charge is -2.17. The van der Waals surface area contributed by atoms with Crippen LogP contribution in [0.1, 0.15) is 39.5 Å². The molecule has 30 heavy (non-hydrogen) atoms. The zero-order valence-electron chi connectivity index (χ0n) is 16.9. The van der Waals surface area contributed by atoms with Crippen LogP contribution in [0.4, 0.5) is 5.13 Å². The molecule has 1 N–H and O–H groups in total. The Morgan fingerprint density at radius 2 is 1.60 bits per heavy atom. The van der Waals surface area contributed by atoms with Gasteiger partial charge in [-0.25, -0.2) is 4.98 Å². The number of nitrogens with zero attached hydrogens (tertiary/aromatic N) is 1. The summed E-state index contributed by atoms with van der Waals surface area (Å²) in [6.07, 6.45) is 3.06. The molecular weight excluding hydrogens is 388 g/mol. The summed E-state index contributed by atoms with van der Waals surface area (Å²) in [4.78, 5) is 18.4. The summed E-state index contributed by atoms with van der Waals surface area (Å²) in [6, 6.07) is 28.8. The Labute approximate surface area is 181 Å². The monoisotopic (exact) mass is 412 g/mol. The van der Waals surface area contributed by atoms with Crippen molar-refractivity contribution in [1.82, 2.24) is 4.98 Å². The zero-order valence-corrected chi connectivity index (χ0v) is 17.7. The summed E-state index contributed by atoms with van der Waals surface area (Å²) in [5.74, 6) is -0.0108. The van der Waals surface area contributed by atoms with Gasteiger partial charge in [0.05, 0.1) is 0 Å². The van der Waals surface area contributed by atoms with Gasteiger partial charge in [-0.15, -0.1) is 11.3 Å². The van der Waals surface area contributed by atoms with Crippen LogP contribution in [0, 0.1) is 6.92 Å². The van der Waals surface area contributed by atoms with E-state index in [4.69, 9.17) is 0 Å². The summed E-state index contributed by atoms with van der Waals surface area (Å²) in [5, 5.41) is 3.65. The van der Waals surface area contributed by atoms with Gasteiger partial charge in [0, 0.05) is 29.8 Å². The molecule has 0 fully saturated rings. The minimum Gasteiger partial charge on any atom is -0.302 e. The molecule has 0 bridgehead atoms. The van der Waals surface area contributed by atoms with Gasteiger partial charge < -0.3 is 5.32 Å². The Morgan fingerprint density at radius 1 is 0.933 bits per heavy atom. The number of aryl methyl sites for hydroxylation is 1. The molecule has 0 aliphatic heterocycles. The van der Waals surface area contributed by atoms with Crippen LogP contribution in [0.5, 0.6) is 0 Å². The second kappa shape index (κ2) is 9.51. The lowest BCUT2D eigenvalue weighted by atomic mass is 9.88. The molecule has 1 heterocycles. The summed E-state index contributed by atoms with van der Waals surface area (Å²) in [7, 11) is 0. The summed E-state index contributed by atoms with van der Waals surface area (Å²) >= 11 is 1.54. The van der Waals surface area contributed by atoms with Crippen molar-refractivity contribution in [2.75, 3.05) is 5.32 Å². The number of thiazole rings is 1. The molecule has 1 amide bonds. The first-order valence-corrected chi connectivity index (χ1v) is 10.9.